The van der Waals surface area contributed by atoms with E-state index in [2.05, 4.69) is 41.5 Å². The third kappa shape index (κ3) is 7.77. The van der Waals surface area contributed by atoms with Crippen LogP contribution >= 0.6 is 0 Å². The highest BCUT2D eigenvalue weighted by Crippen LogP contribution is 2.44. The number of benzene rings is 1. The van der Waals surface area contributed by atoms with Crippen molar-refractivity contribution in [2.45, 2.75) is 107 Å². The summed E-state index contributed by atoms with van der Waals surface area (Å²) < 4.78 is 10.9. The normalized spacial score (nSPS) is 14.3. The zero-order valence-corrected chi connectivity index (χ0v) is 21.1. The molecule has 0 saturated carbocycles. The quantitative estimate of drug-likeness (QED) is 0.491. The molecule has 0 spiro atoms. The van der Waals surface area contributed by atoms with E-state index >= 15 is 0 Å². The molecule has 0 aromatic heterocycles. The van der Waals surface area contributed by atoms with Gasteiger partial charge in [0.1, 0.15) is 5.60 Å². The third-order valence-electron chi connectivity index (χ3n) is 4.98. The average Bonchev–Trinajstić information content (AvgIpc) is 2.48. The molecule has 0 N–H and O–H groups in total. The molecule has 170 valence electrons. The summed E-state index contributed by atoms with van der Waals surface area (Å²) in [5.41, 5.74) is 1.03. The van der Waals surface area contributed by atoms with E-state index in [0.717, 1.165) is 12.0 Å². The first kappa shape index (κ1) is 26.2. The van der Waals surface area contributed by atoms with Crippen molar-refractivity contribution in [3.8, 4) is 0 Å². The minimum absolute atomic E-state index is 0.0960. The van der Waals surface area contributed by atoms with E-state index in [-0.39, 0.29) is 10.8 Å². The van der Waals surface area contributed by atoms with Gasteiger partial charge >= 0.3 is 11.9 Å². The summed E-state index contributed by atoms with van der Waals surface area (Å²) in [5, 5.41) is 0. The molecule has 30 heavy (non-hydrogen) atoms. The van der Waals surface area contributed by atoms with Crippen LogP contribution in [0.2, 0.25) is 0 Å². The second-order valence-electron chi connectivity index (χ2n) is 12.2. The van der Waals surface area contributed by atoms with Crippen LogP contribution in [0.1, 0.15) is 110 Å². The van der Waals surface area contributed by atoms with Gasteiger partial charge in [-0.2, -0.15) is 0 Å². The second kappa shape index (κ2) is 8.72. The third-order valence-corrected chi connectivity index (χ3v) is 4.98. The Morgan fingerprint density at radius 3 is 1.80 bits per heavy atom. The molecule has 4 heteroatoms. The van der Waals surface area contributed by atoms with Crippen LogP contribution in [0, 0.1) is 17.8 Å². The lowest BCUT2D eigenvalue weighted by Crippen LogP contribution is -2.42. The van der Waals surface area contributed by atoms with Gasteiger partial charge in [-0.1, -0.05) is 47.6 Å². The number of rotatable bonds is 5. The van der Waals surface area contributed by atoms with Crippen molar-refractivity contribution < 1.29 is 19.1 Å². The number of hydrogen-bond acceptors (Lipinski definition) is 4. The first-order valence-electron chi connectivity index (χ1n) is 10.8. The summed E-state index contributed by atoms with van der Waals surface area (Å²) in [7, 11) is 0. The predicted octanol–water partition coefficient (Wildman–Crippen LogP) is 6.84. The summed E-state index contributed by atoms with van der Waals surface area (Å²) in [6.45, 7) is 24.0. The number of hydrogen-bond donors (Lipinski definition) is 0. The molecule has 0 amide bonds. The second-order valence-corrected chi connectivity index (χ2v) is 12.2. The summed E-state index contributed by atoms with van der Waals surface area (Å²) in [6.07, 6.45) is 1.05. The van der Waals surface area contributed by atoms with Crippen LogP contribution in [-0.2, 0) is 14.3 Å². The molecular weight excluding hydrogens is 376 g/mol. The molecule has 1 aromatic carbocycles. The van der Waals surface area contributed by atoms with E-state index in [1.54, 1.807) is 40.7 Å². The number of esters is 2. The molecule has 1 atom stereocenters. The van der Waals surface area contributed by atoms with Gasteiger partial charge in [-0.05, 0) is 88.0 Å². The minimum Gasteiger partial charge on any atom is -0.457 e. The van der Waals surface area contributed by atoms with Gasteiger partial charge < -0.3 is 9.47 Å². The Morgan fingerprint density at radius 1 is 0.867 bits per heavy atom. The van der Waals surface area contributed by atoms with Gasteiger partial charge in [-0.15, -0.1) is 0 Å². The van der Waals surface area contributed by atoms with Gasteiger partial charge in [-0.3, -0.25) is 0 Å². The van der Waals surface area contributed by atoms with Crippen molar-refractivity contribution in [2.75, 3.05) is 0 Å². The first-order chi connectivity index (χ1) is 13.2. The first-order valence-corrected chi connectivity index (χ1v) is 10.8. The van der Waals surface area contributed by atoms with E-state index in [1.165, 1.54) is 5.56 Å². The zero-order valence-electron chi connectivity index (χ0n) is 21.1. The van der Waals surface area contributed by atoms with Crippen LogP contribution in [-0.4, -0.2) is 23.1 Å². The summed E-state index contributed by atoms with van der Waals surface area (Å²) in [4.78, 5) is 25.2. The topological polar surface area (TPSA) is 52.6 Å². The molecule has 1 aromatic rings. The number of carbonyl (C=O) groups excluding carboxylic acids is 2. The molecule has 4 nitrogen and oxygen atoms in total. The Balaban J connectivity index is 3.13. The van der Waals surface area contributed by atoms with Crippen molar-refractivity contribution in [2.24, 2.45) is 10.8 Å². The SMILES string of the molecule is Cc1cc(C(=O)OC(C)(C)C(=O)OC(C)(C)C)ccc1C(CC(C)(C)C)C(C)(C)C. The van der Waals surface area contributed by atoms with Gasteiger partial charge in [-0.25, -0.2) is 9.59 Å². The maximum absolute atomic E-state index is 12.8. The van der Waals surface area contributed by atoms with Crippen molar-refractivity contribution in [1.82, 2.24) is 0 Å². The zero-order chi connectivity index (χ0) is 23.7. The Kier molecular flexibility index (Phi) is 7.62. The van der Waals surface area contributed by atoms with Crippen LogP contribution in [0.15, 0.2) is 18.2 Å². The Labute approximate surface area is 183 Å². The minimum atomic E-state index is -1.36. The fourth-order valence-electron chi connectivity index (χ4n) is 3.42. The maximum Gasteiger partial charge on any atom is 0.350 e. The largest absolute Gasteiger partial charge is 0.457 e. The molecular formula is C26H42O4. The molecule has 0 aliphatic carbocycles. The van der Waals surface area contributed by atoms with E-state index < -0.39 is 23.1 Å². The molecule has 1 rings (SSSR count). The lowest BCUT2D eigenvalue weighted by atomic mass is 9.68. The summed E-state index contributed by atoms with van der Waals surface area (Å²) in [6, 6.07) is 5.70. The van der Waals surface area contributed by atoms with Gasteiger partial charge in [0, 0.05) is 0 Å². The maximum atomic E-state index is 12.8. The van der Waals surface area contributed by atoms with E-state index in [4.69, 9.17) is 9.47 Å². The van der Waals surface area contributed by atoms with Crippen LogP contribution < -0.4 is 0 Å². The molecule has 1 unspecified atom stereocenters. The van der Waals surface area contributed by atoms with E-state index in [0.29, 0.717) is 11.5 Å². The Hall–Kier alpha value is -1.84. The lowest BCUT2D eigenvalue weighted by molar-refractivity contribution is -0.174. The van der Waals surface area contributed by atoms with Crippen molar-refractivity contribution in [3.63, 3.8) is 0 Å². The molecule has 0 bridgehead atoms. The predicted molar refractivity (Wildman–Crippen MR) is 123 cm³/mol. The van der Waals surface area contributed by atoms with Gasteiger partial charge in [0.2, 0.25) is 5.60 Å². The number of aryl methyl sites for hydroxylation is 1. The van der Waals surface area contributed by atoms with Crippen LogP contribution in [0.4, 0.5) is 0 Å². The van der Waals surface area contributed by atoms with Crippen LogP contribution in [0.25, 0.3) is 0 Å². The highest BCUT2D eigenvalue weighted by Gasteiger charge is 2.37. The van der Waals surface area contributed by atoms with E-state index in [1.807, 2.05) is 19.1 Å². The molecule has 0 aliphatic rings. The molecule has 0 fully saturated rings. The van der Waals surface area contributed by atoms with Gasteiger partial charge in [0.05, 0.1) is 5.56 Å². The van der Waals surface area contributed by atoms with Gasteiger partial charge in [0.25, 0.3) is 0 Å². The molecule has 0 heterocycles. The Morgan fingerprint density at radius 2 is 1.40 bits per heavy atom. The number of ether oxygens (including phenoxy) is 2. The fraction of sp³-hybridized carbons (Fsp3) is 0.692. The Bertz CT molecular complexity index is 768. The highest BCUT2D eigenvalue weighted by molar-refractivity contribution is 5.92. The highest BCUT2D eigenvalue weighted by atomic mass is 16.6. The summed E-state index contributed by atoms with van der Waals surface area (Å²) in [5.74, 6) is -0.723. The van der Waals surface area contributed by atoms with Crippen molar-refractivity contribution >= 4 is 11.9 Å². The van der Waals surface area contributed by atoms with Crippen molar-refractivity contribution in [3.05, 3.63) is 34.9 Å². The van der Waals surface area contributed by atoms with Gasteiger partial charge in [0.15, 0.2) is 0 Å². The average molecular weight is 419 g/mol. The lowest BCUT2D eigenvalue weighted by Gasteiger charge is -2.37. The summed E-state index contributed by atoms with van der Waals surface area (Å²) >= 11 is 0. The monoisotopic (exact) mass is 418 g/mol. The number of carbonyl (C=O) groups is 2. The van der Waals surface area contributed by atoms with Crippen molar-refractivity contribution in [1.29, 1.82) is 0 Å². The molecule has 0 saturated heterocycles. The molecule has 0 aliphatic heterocycles. The van der Waals surface area contributed by atoms with Crippen LogP contribution in [0.5, 0.6) is 0 Å². The fourth-order valence-corrected chi connectivity index (χ4v) is 3.42. The standard InChI is InChI=1S/C26H42O4/c1-17-15-18(21(27)29-26(11,12)22(28)30-25(8,9)10)13-14-19(17)20(24(5,6)7)16-23(2,3)4/h13-15,20H,16H2,1-12H3. The van der Waals surface area contributed by atoms with Crippen LogP contribution in [0.3, 0.4) is 0 Å². The van der Waals surface area contributed by atoms with E-state index in [9.17, 15) is 9.59 Å². The molecule has 0 radical (unpaired) electrons. The smallest absolute Gasteiger partial charge is 0.350 e.